The Labute approximate surface area is 108 Å². The topological polar surface area (TPSA) is 58.1 Å². The summed E-state index contributed by atoms with van der Waals surface area (Å²) in [6, 6.07) is 3.54. The number of carbonyl (C=O) groups is 1. The summed E-state index contributed by atoms with van der Waals surface area (Å²) in [4.78, 5) is 13.2. The van der Waals surface area contributed by atoms with Gasteiger partial charge in [-0.2, -0.15) is 0 Å². The third-order valence-corrected chi connectivity index (χ3v) is 3.43. The normalized spacial score (nSPS) is 17.5. The lowest BCUT2D eigenvalue weighted by Gasteiger charge is -2.25. The Hall–Kier alpha value is -1.65. The van der Waals surface area contributed by atoms with E-state index in [0.717, 1.165) is 18.7 Å². The van der Waals surface area contributed by atoms with E-state index in [9.17, 15) is 4.79 Å². The van der Waals surface area contributed by atoms with Gasteiger partial charge in [0, 0.05) is 19.6 Å². The lowest BCUT2D eigenvalue weighted by molar-refractivity contribution is 0.0821. The van der Waals surface area contributed by atoms with Crippen molar-refractivity contribution in [3.05, 3.63) is 17.8 Å². The van der Waals surface area contributed by atoms with E-state index < -0.39 is 0 Å². The van der Waals surface area contributed by atoms with Gasteiger partial charge >= 0.3 is 0 Å². The van der Waals surface area contributed by atoms with Gasteiger partial charge in [0.2, 0.25) is 0 Å². The summed E-state index contributed by atoms with van der Waals surface area (Å²) in [5, 5.41) is 11.5. The van der Waals surface area contributed by atoms with Crippen molar-refractivity contribution < 1.29 is 4.79 Å². The average Bonchev–Trinajstić information content (AvgIpc) is 2.76. The van der Waals surface area contributed by atoms with Gasteiger partial charge in [-0.1, -0.05) is 12.8 Å². The van der Waals surface area contributed by atoms with Gasteiger partial charge in [-0.15, -0.1) is 10.2 Å². The molecular weight excluding hydrogens is 228 g/mol. The first kappa shape index (κ1) is 12.8. The highest BCUT2D eigenvalue weighted by Gasteiger charge is 2.28. The van der Waals surface area contributed by atoms with Crippen LogP contribution in [0.25, 0.3) is 0 Å². The summed E-state index contributed by atoms with van der Waals surface area (Å²) in [6.45, 7) is 2.21. The van der Waals surface area contributed by atoms with Crippen LogP contribution in [0, 0.1) is 0 Å². The maximum absolute atomic E-state index is 11.7. The number of nitrogens with zero attached hydrogens (tertiary/aromatic N) is 3. The molecule has 18 heavy (non-hydrogen) atoms. The van der Waals surface area contributed by atoms with Crippen LogP contribution in [0.5, 0.6) is 0 Å². The van der Waals surface area contributed by atoms with Gasteiger partial charge in [-0.05, 0) is 31.9 Å². The number of hydrogen-bond donors (Lipinski definition) is 1. The number of aromatic nitrogens is 2. The SMILES string of the molecule is CN(C)C(=O)c1ccc(NC2(C)CCCC2)nn1. The van der Waals surface area contributed by atoms with Crippen LogP contribution in [0.1, 0.15) is 43.1 Å². The summed E-state index contributed by atoms with van der Waals surface area (Å²) in [5.74, 6) is 0.621. The molecule has 0 unspecified atom stereocenters. The van der Waals surface area contributed by atoms with Gasteiger partial charge in [-0.25, -0.2) is 0 Å². The van der Waals surface area contributed by atoms with Gasteiger partial charge in [0.15, 0.2) is 5.69 Å². The van der Waals surface area contributed by atoms with Crippen LogP contribution in [-0.4, -0.2) is 40.6 Å². The van der Waals surface area contributed by atoms with E-state index in [1.54, 1.807) is 20.2 Å². The number of rotatable bonds is 3. The van der Waals surface area contributed by atoms with E-state index in [4.69, 9.17) is 0 Å². The number of hydrogen-bond acceptors (Lipinski definition) is 4. The van der Waals surface area contributed by atoms with Crippen LogP contribution in [0.15, 0.2) is 12.1 Å². The minimum absolute atomic E-state index is 0.124. The van der Waals surface area contributed by atoms with E-state index >= 15 is 0 Å². The van der Waals surface area contributed by atoms with Gasteiger partial charge in [0.05, 0.1) is 0 Å². The first-order valence-electron chi connectivity index (χ1n) is 6.34. The molecule has 1 aromatic rings. The minimum atomic E-state index is -0.124. The van der Waals surface area contributed by atoms with E-state index in [2.05, 4.69) is 22.4 Å². The summed E-state index contributed by atoms with van der Waals surface area (Å²) in [7, 11) is 3.41. The second kappa shape index (κ2) is 4.92. The first-order chi connectivity index (χ1) is 8.50. The Morgan fingerprint density at radius 3 is 2.44 bits per heavy atom. The maximum Gasteiger partial charge on any atom is 0.273 e. The average molecular weight is 248 g/mol. The lowest BCUT2D eigenvalue weighted by atomic mass is 10.0. The molecule has 1 aromatic heterocycles. The van der Waals surface area contributed by atoms with Crippen molar-refractivity contribution in [3.63, 3.8) is 0 Å². The molecule has 0 aliphatic heterocycles. The lowest BCUT2D eigenvalue weighted by Crippen LogP contribution is -2.31. The Morgan fingerprint density at radius 1 is 1.28 bits per heavy atom. The molecule has 1 heterocycles. The fourth-order valence-electron chi connectivity index (χ4n) is 2.33. The number of nitrogens with one attached hydrogen (secondary N) is 1. The molecule has 0 bridgehead atoms. The molecule has 1 saturated carbocycles. The highest BCUT2D eigenvalue weighted by molar-refractivity contribution is 5.91. The van der Waals surface area contributed by atoms with Crippen LogP contribution >= 0.6 is 0 Å². The third-order valence-electron chi connectivity index (χ3n) is 3.43. The molecule has 1 amide bonds. The number of carbonyl (C=O) groups excluding carboxylic acids is 1. The molecule has 98 valence electrons. The van der Waals surface area contributed by atoms with Gasteiger partial charge in [0.25, 0.3) is 5.91 Å². The molecule has 1 aliphatic carbocycles. The number of amides is 1. The van der Waals surface area contributed by atoms with Crippen molar-refractivity contribution >= 4 is 11.7 Å². The second-order valence-corrected chi connectivity index (χ2v) is 5.40. The zero-order valence-corrected chi connectivity index (χ0v) is 11.2. The molecule has 0 radical (unpaired) electrons. The van der Waals surface area contributed by atoms with Crippen molar-refractivity contribution in [2.75, 3.05) is 19.4 Å². The van der Waals surface area contributed by atoms with Crippen LogP contribution in [0.3, 0.4) is 0 Å². The molecule has 0 saturated heterocycles. The van der Waals surface area contributed by atoms with Crippen LogP contribution < -0.4 is 5.32 Å². The van der Waals surface area contributed by atoms with Gasteiger partial charge in [-0.3, -0.25) is 4.79 Å². The van der Waals surface area contributed by atoms with Crippen molar-refractivity contribution in [1.29, 1.82) is 0 Å². The minimum Gasteiger partial charge on any atom is -0.363 e. The molecule has 1 fully saturated rings. The molecule has 5 nitrogen and oxygen atoms in total. The van der Waals surface area contributed by atoms with Gasteiger partial charge < -0.3 is 10.2 Å². The highest BCUT2D eigenvalue weighted by Crippen LogP contribution is 2.31. The van der Waals surface area contributed by atoms with E-state index in [1.807, 2.05) is 6.07 Å². The predicted molar refractivity (Wildman–Crippen MR) is 70.5 cm³/mol. The summed E-state index contributed by atoms with van der Waals surface area (Å²) < 4.78 is 0. The van der Waals surface area contributed by atoms with E-state index in [1.165, 1.54) is 17.7 Å². The Kier molecular flexibility index (Phi) is 3.50. The van der Waals surface area contributed by atoms with Crippen molar-refractivity contribution in [1.82, 2.24) is 15.1 Å². The third kappa shape index (κ3) is 2.78. The molecule has 0 spiro atoms. The van der Waals surface area contributed by atoms with Crippen molar-refractivity contribution in [2.24, 2.45) is 0 Å². The molecule has 2 rings (SSSR count). The Balaban J connectivity index is 2.06. The molecule has 5 heteroatoms. The molecule has 1 aliphatic rings. The predicted octanol–water partition coefficient (Wildman–Crippen LogP) is 1.92. The smallest absolute Gasteiger partial charge is 0.273 e. The second-order valence-electron chi connectivity index (χ2n) is 5.40. The fraction of sp³-hybridized carbons (Fsp3) is 0.615. The largest absolute Gasteiger partial charge is 0.363 e. The highest BCUT2D eigenvalue weighted by atomic mass is 16.2. The van der Waals surface area contributed by atoms with Crippen molar-refractivity contribution in [2.45, 2.75) is 38.1 Å². The first-order valence-corrected chi connectivity index (χ1v) is 6.34. The van der Waals surface area contributed by atoms with Crippen LogP contribution in [0.4, 0.5) is 5.82 Å². The van der Waals surface area contributed by atoms with Crippen molar-refractivity contribution in [3.8, 4) is 0 Å². The monoisotopic (exact) mass is 248 g/mol. The Morgan fingerprint density at radius 2 is 1.94 bits per heavy atom. The zero-order valence-electron chi connectivity index (χ0n) is 11.2. The maximum atomic E-state index is 11.7. The number of anilines is 1. The summed E-state index contributed by atoms with van der Waals surface area (Å²) in [6.07, 6.45) is 4.84. The van der Waals surface area contributed by atoms with Crippen LogP contribution in [0.2, 0.25) is 0 Å². The summed E-state index contributed by atoms with van der Waals surface area (Å²) in [5.41, 5.74) is 0.504. The van der Waals surface area contributed by atoms with E-state index in [-0.39, 0.29) is 11.4 Å². The van der Waals surface area contributed by atoms with Gasteiger partial charge in [0.1, 0.15) is 5.82 Å². The molecule has 1 N–H and O–H groups in total. The zero-order chi connectivity index (χ0) is 13.2. The van der Waals surface area contributed by atoms with Crippen LogP contribution in [-0.2, 0) is 0 Å². The quantitative estimate of drug-likeness (QED) is 0.888. The molecule has 0 atom stereocenters. The standard InChI is InChI=1S/C13H20N4O/c1-13(8-4-5-9-13)14-11-7-6-10(15-16-11)12(18)17(2)3/h6-7H,4-5,8-9H2,1-3H3,(H,14,16). The summed E-state index contributed by atoms with van der Waals surface area (Å²) >= 11 is 0. The Bertz CT molecular complexity index is 421. The molecular formula is C13H20N4O. The molecule has 0 aromatic carbocycles. The van der Waals surface area contributed by atoms with E-state index in [0.29, 0.717) is 5.69 Å². The fourth-order valence-corrected chi connectivity index (χ4v) is 2.33.